The van der Waals surface area contributed by atoms with Crippen LogP contribution >= 0.6 is 0 Å². The monoisotopic (exact) mass is 201 g/mol. The Bertz CT molecular complexity index is 229. The number of aliphatic carboxylic acids is 1. The molecule has 14 heavy (non-hydrogen) atoms. The van der Waals surface area contributed by atoms with E-state index in [1.54, 1.807) is 0 Å². The zero-order valence-corrected chi connectivity index (χ0v) is 7.95. The Morgan fingerprint density at radius 2 is 1.93 bits per heavy atom. The molecule has 1 fully saturated rings. The molecule has 0 heterocycles. The summed E-state index contributed by atoms with van der Waals surface area (Å²) in [5.41, 5.74) is -0.463. The van der Waals surface area contributed by atoms with E-state index in [1.165, 1.54) is 0 Å². The summed E-state index contributed by atoms with van der Waals surface area (Å²) in [5, 5.41) is 20.1. The van der Waals surface area contributed by atoms with E-state index < -0.39 is 11.5 Å². The van der Waals surface area contributed by atoms with Gasteiger partial charge in [0.2, 0.25) is 5.91 Å². The Labute approximate surface area is 82.1 Å². The highest BCUT2D eigenvalue weighted by Gasteiger charge is 2.37. The molecule has 5 nitrogen and oxygen atoms in total. The quantitative estimate of drug-likeness (QED) is 0.579. The topological polar surface area (TPSA) is 86.6 Å². The van der Waals surface area contributed by atoms with Crippen molar-refractivity contribution in [2.75, 3.05) is 6.61 Å². The van der Waals surface area contributed by atoms with E-state index in [-0.39, 0.29) is 25.4 Å². The van der Waals surface area contributed by atoms with Crippen molar-refractivity contribution in [3.8, 4) is 0 Å². The predicted molar refractivity (Wildman–Crippen MR) is 48.7 cm³/mol. The average Bonchev–Trinajstić information content (AvgIpc) is 2.08. The summed E-state index contributed by atoms with van der Waals surface area (Å²) in [6.07, 6.45) is 2.38. The fourth-order valence-electron chi connectivity index (χ4n) is 1.50. The van der Waals surface area contributed by atoms with Gasteiger partial charge in [-0.1, -0.05) is 0 Å². The number of rotatable bonds is 5. The van der Waals surface area contributed by atoms with Crippen molar-refractivity contribution in [1.82, 2.24) is 5.32 Å². The van der Waals surface area contributed by atoms with Crippen molar-refractivity contribution in [2.24, 2.45) is 0 Å². The highest BCUT2D eigenvalue weighted by atomic mass is 16.4. The number of nitrogens with one attached hydrogen (secondary N) is 1. The summed E-state index contributed by atoms with van der Waals surface area (Å²) >= 11 is 0. The smallest absolute Gasteiger partial charge is 0.303 e. The lowest BCUT2D eigenvalue weighted by atomic mass is 9.77. The first-order valence-corrected chi connectivity index (χ1v) is 4.72. The molecule has 80 valence electrons. The summed E-state index contributed by atoms with van der Waals surface area (Å²) in [4.78, 5) is 21.4. The van der Waals surface area contributed by atoms with Crippen LogP contribution in [0.3, 0.4) is 0 Å². The Hall–Kier alpha value is -1.10. The number of amides is 1. The minimum atomic E-state index is -0.980. The Kier molecular flexibility index (Phi) is 3.46. The van der Waals surface area contributed by atoms with Crippen LogP contribution in [0, 0.1) is 0 Å². The van der Waals surface area contributed by atoms with Gasteiger partial charge in [0.25, 0.3) is 0 Å². The molecule has 0 aromatic rings. The van der Waals surface area contributed by atoms with Gasteiger partial charge in [0.05, 0.1) is 18.6 Å². The first-order valence-electron chi connectivity index (χ1n) is 4.72. The fraction of sp³-hybridized carbons (Fsp3) is 0.778. The zero-order valence-electron chi connectivity index (χ0n) is 7.95. The normalized spacial score (nSPS) is 18.4. The molecule has 1 rings (SSSR count). The van der Waals surface area contributed by atoms with E-state index in [0.717, 1.165) is 19.3 Å². The average molecular weight is 201 g/mol. The van der Waals surface area contributed by atoms with Crippen LogP contribution in [0.25, 0.3) is 0 Å². The third kappa shape index (κ3) is 2.70. The van der Waals surface area contributed by atoms with Gasteiger partial charge in [-0.15, -0.1) is 0 Å². The number of carboxylic acid groups (broad SMARTS) is 1. The molecule has 3 N–H and O–H groups in total. The van der Waals surface area contributed by atoms with Gasteiger partial charge in [-0.2, -0.15) is 0 Å². The molecule has 1 aliphatic rings. The molecule has 0 radical (unpaired) electrons. The summed E-state index contributed by atoms with van der Waals surface area (Å²) in [6.45, 7) is -0.0637. The van der Waals surface area contributed by atoms with Crippen molar-refractivity contribution in [3.63, 3.8) is 0 Å². The maximum Gasteiger partial charge on any atom is 0.303 e. The molecule has 5 heteroatoms. The number of hydrogen-bond donors (Lipinski definition) is 3. The number of aliphatic hydroxyl groups is 1. The minimum Gasteiger partial charge on any atom is -0.481 e. The largest absolute Gasteiger partial charge is 0.481 e. The number of carbonyl (C=O) groups is 2. The standard InChI is InChI=1S/C9H15NO4/c11-6-9(4-1-5-9)10-7(12)2-3-8(13)14/h11H,1-6H2,(H,10,12)(H,13,14). The molecule has 0 aromatic heterocycles. The van der Waals surface area contributed by atoms with Crippen LogP contribution < -0.4 is 5.32 Å². The van der Waals surface area contributed by atoms with Gasteiger partial charge in [-0.25, -0.2) is 0 Å². The fourth-order valence-corrected chi connectivity index (χ4v) is 1.50. The van der Waals surface area contributed by atoms with E-state index >= 15 is 0 Å². The molecule has 0 aliphatic heterocycles. The zero-order chi connectivity index (χ0) is 10.6. The van der Waals surface area contributed by atoms with E-state index in [2.05, 4.69) is 5.32 Å². The molecule has 0 saturated heterocycles. The number of aliphatic hydroxyl groups excluding tert-OH is 1. The van der Waals surface area contributed by atoms with Crippen LogP contribution in [-0.4, -0.2) is 34.2 Å². The Balaban J connectivity index is 2.28. The maximum atomic E-state index is 11.2. The molecule has 0 atom stereocenters. The van der Waals surface area contributed by atoms with Crippen LogP contribution in [0.4, 0.5) is 0 Å². The van der Waals surface area contributed by atoms with Crippen LogP contribution in [0.2, 0.25) is 0 Å². The van der Waals surface area contributed by atoms with Gasteiger partial charge in [0.15, 0.2) is 0 Å². The maximum absolute atomic E-state index is 11.2. The summed E-state index contributed by atoms with van der Waals surface area (Å²) in [5.74, 6) is -1.27. The number of carboxylic acids is 1. The van der Waals surface area contributed by atoms with Gasteiger partial charge in [0.1, 0.15) is 0 Å². The highest BCUT2D eigenvalue weighted by molar-refractivity contribution is 5.81. The van der Waals surface area contributed by atoms with E-state index in [0.29, 0.717) is 0 Å². The Morgan fingerprint density at radius 3 is 2.29 bits per heavy atom. The van der Waals surface area contributed by atoms with Crippen LogP contribution in [0.1, 0.15) is 32.1 Å². The first-order chi connectivity index (χ1) is 6.58. The number of carbonyl (C=O) groups excluding carboxylic acids is 1. The molecule has 1 saturated carbocycles. The van der Waals surface area contributed by atoms with Gasteiger partial charge in [0, 0.05) is 6.42 Å². The van der Waals surface area contributed by atoms with Gasteiger partial charge in [-0.3, -0.25) is 9.59 Å². The molecule has 0 spiro atoms. The summed E-state index contributed by atoms with van der Waals surface area (Å²) in [6, 6.07) is 0. The molecule has 1 aliphatic carbocycles. The minimum absolute atomic E-state index is 0.0168. The van der Waals surface area contributed by atoms with Gasteiger partial charge < -0.3 is 15.5 Å². The third-order valence-corrected chi connectivity index (χ3v) is 2.58. The van der Waals surface area contributed by atoms with Crippen molar-refractivity contribution in [1.29, 1.82) is 0 Å². The van der Waals surface area contributed by atoms with Crippen molar-refractivity contribution < 1.29 is 19.8 Å². The summed E-state index contributed by atoms with van der Waals surface area (Å²) < 4.78 is 0. The van der Waals surface area contributed by atoms with E-state index in [4.69, 9.17) is 10.2 Å². The second-order valence-corrected chi connectivity index (χ2v) is 3.73. The van der Waals surface area contributed by atoms with Crippen LogP contribution in [-0.2, 0) is 9.59 Å². The Morgan fingerprint density at radius 1 is 1.29 bits per heavy atom. The molecule has 1 amide bonds. The third-order valence-electron chi connectivity index (χ3n) is 2.58. The van der Waals surface area contributed by atoms with Crippen LogP contribution in [0.5, 0.6) is 0 Å². The lowest BCUT2D eigenvalue weighted by Gasteiger charge is -2.40. The van der Waals surface area contributed by atoms with E-state index in [9.17, 15) is 9.59 Å². The van der Waals surface area contributed by atoms with Crippen molar-refractivity contribution in [3.05, 3.63) is 0 Å². The lowest BCUT2D eigenvalue weighted by molar-refractivity contribution is -0.139. The van der Waals surface area contributed by atoms with Gasteiger partial charge >= 0.3 is 5.97 Å². The SMILES string of the molecule is O=C(O)CCC(=O)NC1(CO)CCC1. The number of hydrogen-bond acceptors (Lipinski definition) is 3. The second-order valence-electron chi connectivity index (χ2n) is 3.73. The molecule has 0 aromatic carbocycles. The van der Waals surface area contributed by atoms with Crippen molar-refractivity contribution in [2.45, 2.75) is 37.6 Å². The molecule has 0 bridgehead atoms. The second kappa shape index (κ2) is 4.41. The van der Waals surface area contributed by atoms with Crippen LogP contribution in [0.15, 0.2) is 0 Å². The highest BCUT2D eigenvalue weighted by Crippen LogP contribution is 2.31. The molecular weight excluding hydrogens is 186 g/mol. The molecule has 0 unspecified atom stereocenters. The summed E-state index contributed by atoms with van der Waals surface area (Å²) in [7, 11) is 0. The predicted octanol–water partition coefficient (Wildman–Crippen LogP) is -0.118. The van der Waals surface area contributed by atoms with Crippen molar-refractivity contribution >= 4 is 11.9 Å². The molecular formula is C9H15NO4. The lowest BCUT2D eigenvalue weighted by Crippen LogP contribution is -2.56. The van der Waals surface area contributed by atoms with E-state index in [1.807, 2.05) is 0 Å². The van der Waals surface area contributed by atoms with Gasteiger partial charge in [-0.05, 0) is 19.3 Å². The first kappa shape index (κ1) is 11.0.